The molecule has 0 saturated heterocycles. The maximum absolute atomic E-state index is 5.49. The minimum absolute atomic E-state index is 0.667. The lowest BCUT2D eigenvalue weighted by molar-refractivity contribution is 0.737. The third-order valence-electron chi connectivity index (χ3n) is 3.13. The highest BCUT2D eigenvalue weighted by Crippen LogP contribution is 2.31. The van der Waals surface area contributed by atoms with Crippen molar-refractivity contribution in [3.05, 3.63) is 11.9 Å². The SMILES string of the molecule is CCCc1nc(NN)cc(N(CCC)C2CC2)n1. The molecule has 3 N–H and O–H groups in total. The summed E-state index contributed by atoms with van der Waals surface area (Å²) < 4.78 is 0. The van der Waals surface area contributed by atoms with Crippen LogP contribution in [-0.2, 0) is 6.42 Å². The number of anilines is 2. The molecule has 0 bridgehead atoms. The van der Waals surface area contributed by atoms with Crippen LogP contribution in [0.1, 0.15) is 45.4 Å². The van der Waals surface area contributed by atoms with Gasteiger partial charge >= 0.3 is 0 Å². The highest BCUT2D eigenvalue weighted by atomic mass is 15.3. The third kappa shape index (κ3) is 3.10. The Morgan fingerprint density at radius 1 is 1.33 bits per heavy atom. The Labute approximate surface area is 109 Å². The van der Waals surface area contributed by atoms with Crippen LogP contribution in [0.15, 0.2) is 6.07 Å². The van der Waals surface area contributed by atoms with Gasteiger partial charge in [0.15, 0.2) is 0 Å². The molecule has 5 nitrogen and oxygen atoms in total. The Kier molecular flexibility index (Phi) is 4.36. The summed E-state index contributed by atoms with van der Waals surface area (Å²) in [6.45, 7) is 5.39. The maximum atomic E-state index is 5.49. The number of hydrogen-bond donors (Lipinski definition) is 2. The number of hydrogen-bond acceptors (Lipinski definition) is 5. The van der Waals surface area contributed by atoms with Crippen molar-refractivity contribution in [3.8, 4) is 0 Å². The number of nitrogens with two attached hydrogens (primary N) is 1. The van der Waals surface area contributed by atoms with Crippen molar-refractivity contribution in [3.63, 3.8) is 0 Å². The van der Waals surface area contributed by atoms with Crippen LogP contribution in [0.2, 0.25) is 0 Å². The van der Waals surface area contributed by atoms with Crippen LogP contribution >= 0.6 is 0 Å². The molecule has 0 amide bonds. The van der Waals surface area contributed by atoms with E-state index < -0.39 is 0 Å². The average molecular weight is 249 g/mol. The van der Waals surface area contributed by atoms with Crippen molar-refractivity contribution in [1.82, 2.24) is 9.97 Å². The van der Waals surface area contributed by atoms with E-state index in [2.05, 4.69) is 34.1 Å². The molecule has 0 aliphatic heterocycles. The van der Waals surface area contributed by atoms with Crippen LogP contribution < -0.4 is 16.2 Å². The lowest BCUT2D eigenvalue weighted by Crippen LogP contribution is -2.28. The molecule has 5 heteroatoms. The number of rotatable bonds is 7. The molecule has 0 atom stereocenters. The van der Waals surface area contributed by atoms with E-state index in [0.29, 0.717) is 11.9 Å². The van der Waals surface area contributed by atoms with Crippen molar-refractivity contribution in [2.24, 2.45) is 5.84 Å². The summed E-state index contributed by atoms with van der Waals surface area (Å²) in [5.74, 6) is 8.10. The average Bonchev–Trinajstić information content (AvgIpc) is 3.20. The van der Waals surface area contributed by atoms with E-state index in [1.165, 1.54) is 12.8 Å². The van der Waals surface area contributed by atoms with E-state index in [9.17, 15) is 0 Å². The molecule has 18 heavy (non-hydrogen) atoms. The van der Waals surface area contributed by atoms with E-state index in [4.69, 9.17) is 5.84 Å². The van der Waals surface area contributed by atoms with Gasteiger partial charge in [-0.1, -0.05) is 13.8 Å². The molecule has 1 aromatic rings. The van der Waals surface area contributed by atoms with Crippen molar-refractivity contribution in [1.29, 1.82) is 0 Å². The summed E-state index contributed by atoms with van der Waals surface area (Å²) in [5.41, 5.74) is 2.64. The molecule has 1 aromatic heterocycles. The smallest absolute Gasteiger partial charge is 0.145 e. The quantitative estimate of drug-likeness (QED) is 0.572. The molecular weight excluding hydrogens is 226 g/mol. The fourth-order valence-corrected chi connectivity index (χ4v) is 2.15. The van der Waals surface area contributed by atoms with Crippen molar-refractivity contribution in [2.75, 3.05) is 16.9 Å². The number of aryl methyl sites for hydroxylation is 1. The first-order valence-corrected chi connectivity index (χ1v) is 6.89. The van der Waals surface area contributed by atoms with Crippen molar-refractivity contribution < 1.29 is 0 Å². The number of nitrogens with zero attached hydrogens (tertiary/aromatic N) is 3. The minimum atomic E-state index is 0.667. The molecule has 2 rings (SSSR count). The molecule has 1 aliphatic carbocycles. The fourth-order valence-electron chi connectivity index (χ4n) is 2.15. The molecular formula is C13H23N5. The van der Waals surface area contributed by atoms with Gasteiger partial charge in [-0.2, -0.15) is 0 Å². The predicted molar refractivity (Wildman–Crippen MR) is 74.5 cm³/mol. The molecule has 1 heterocycles. The second-order valence-electron chi connectivity index (χ2n) is 4.85. The number of nitrogen functional groups attached to an aromatic ring is 1. The fraction of sp³-hybridized carbons (Fsp3) is 0.692. The summed E-state index contributed by atoms with van der Waals surface area (Å²) in [5, 5.41) is 0. The summed E-state index contributed by atoms with van der Waals surface area (Å²) in [4.78, 5) is 11.5. The first-order chi connectivity index (χ1) is 8.78. The topological polar surface area (TPSA) is 67.1 Å². The zero-order valence-electron chi connectivity index (χ0n) is 11.3. The van der Waals surface area contributed by atoms with Crippen LogP contribution in [0, 0.1) is 0 Å². The highest BCUT2D eigenvalue weighted by molar-refractivity contribution is 5.50. The van der Waals surface area contributed by atoms with Gasteiger partial charge in [0.1, 0.15) is 17.5 Å². The molecule has 1 saturated carbocycles. The van der Waals surface area contributed by atoms with Gasteiger partial charge in [0.2, 0.25) is 0 Å². The zero-order valence-corrected chi connectivity index (χ0v) is 11.3. The Morgan fingerprint density at radius 2 is 2.11 bits per heavy atom. The Bertz CT molecular complexity index is 389. The van der Waals surface area contributed by atoms with Crippen molar-refractivity contribution >= 4 is 11.6 Å². The third-order valence-corrected chi connectivity index (χ3v) is 3.13. The van der Waals surface area contributed by atoms with Gasteiger partial charge in [0.05, 0.1) is 0 Å². The van der Waals surface area contributed by atoms with Crippen LogP contribution in [-0.4, -0.2) is 22.6 Å². The predicted octanol–water partition coefficient (Wildman–Crippen LogP) is 2.09. The van der Waals surface area contributed by atoms with Gasteiger partial charge in [-0.15, -0.1) is 0 Å². The lowest BCUT2D eigenvalue weighted by Gasteiger charge is -2.23. The summed E-state index contributed by atoms with van der Waals surface area (Å²) in [6, 6.07) is 2.62. The van der Waals surface area contributed by atoms with Crippen LogP contribution in [0.4, 0.5) is 11.6 Å². The maximum Gasteiger partial charge on any atom is 0.145 e. The molecule has 1 aliphatic rings. The molecule has 1 fully saturated rings. The van der Waals surface area contributed by atoms with Gasteiger partial charge in [-0.05, 0) is 25.7 Å². The monoisotopic (exact) mass is 249 g/mol. The van der Waals surface area contributed by atoms with Gasteiger partial charge in [0, 0.05) is 25.1 Å². The second-order valence-corrected chi connectivity index (χ2v) is 4.85. The first kappa shape index (κ1) is 13.1. The first-order valence-electron chi connectivity index (χ1n) is 6.89. The van der Waals surface area contributed by atoms with Crippen molar-refractivity contribution in [2.45, 2.75) is 52.0 Å². The van der Waals surface area contributed by atoms with E-state index in [0.717, 1.165) is 37.4 Å². The molecule has 0 spiro atoms. The molecule has 0 aromatic carbocycles. The van der Waals surface area contributed by atoms with E-state index >= 15 is 0 Å². The van der Waals surface area contributed by atoms with Gasteiger partial charge in [-0.25, -0.2) is 15.8 Å². The number of hydrazine groups is 1. The number of nitrogens with one attached hydrogen (secondary N) is 1. The van der Waals surface area contributed by atoms with Gasteiger partial charge < -0.3 is 10.3 Å². The lowest BCUT2D eigenvalue weighted by atomic mass is 10.3. The Hall–Kier alpha value is -1.36. The van der Waals surface area contributed by atoms with Crippen LogP contribution in [0.3, 0.4) is 0 Å². The highest BCUT2D eigenvalue weighted by Gasteiger charge is 2.29. The number of aromatic nitrogens is 2. The van der Waals surface area contributed by atoms with Gasteiger partial charge in [-0.3, -0.25) is 0 Å². The van der Waals surface area contributed by atoms with E-state index in [-0.39, 0.29) is 0 Å². The Balaban J connectivity index is 2.25. The normalized spacial score (nSPS) is 14.6. The van der Waals surface area contributed by atoms with Crippen LogP contribution in [0.5, 0.6) is 0 Å². The van der Waals surface area contributed by atoms with E-state index in [1.807, 2.05) is 6.07 Å². The molecule has 0 unspecified atom stereocenters. The molecule has 0 radical (unpaired) electrons. The summed E-state index contributed by atoms with van der Waals surface area (Å²) in [6.07, 6.45) is 5.63. The van der Waals surface area contributed by atoms with Crippen LogP contribution in [0.25, 0.3) is 0 Å². The minimum Gasteiger partial charge on any atom is -0.353 e. The zero-order chi connectivity index (χ0) is 13.0. The largest absolute Gasteiger partial charge is 0.353 e. The summed E-state index contributed by atoms with van der Waals surface area (Å²) >= 11 is 0. The second kappa shape index (κ2) is 6.00. The molecule has 100 valence electrons. The standard InChI is InChI=1S/C13H23N5/c1-3-5-11-15-12(17-14)9-13(16-11)18(8-4-2)10-6-7-10/h9-10H,3-8,14H2,1-2H3,(H,15,16,17). The van der Waals surface area contributed by atoms with Gasteiger partial charge in [0.25, 0.3) is 0 Å². The van der Waals surface area contributed by atoms with E-state index in [1.54, 1.807) is 0 Å². The summed E-state index contributed by atoms with van der Waals surface area (Å²) in [7, 11) is 0. The Morgan fingerprint density at radius 3 is 2.67 bits per heavy atom.